The van der Waals surface area contributed by atoms with Gasteiger partial charge in [-0.05, 0) is 88.0 Å². The third-order valence-electron chi connectivity index (χ3n) is 10.3. The second-order valence-electron chi connectivity index (χ2n) is 14.5. The van der Waals surface area contributed by atoms with E-state index in [2.05, 4.69) is 85.8 Å². The Balaban J connectivity index is 1.43. The minimum absolute atomic E-state index is 0.218. The third kappa shape index (κ3) is 8.59. The summed E-state index contributed by atoms with van der Waals surface area (Å²) < 4.78 is 65.9. The number of rotatable bonds is 13. The van der Waals surface area contributed by atoms with Crippen molar-refractivity contribution < 1.29 is 30.5 Å². The highest BCUT2D eigenvalue weighted by Crippen LogP contribution is 2.50. The predicted molar refractivity (Wildman–Crippen MR) is 198 cm³/mol. The van der Waals surface area contributed by atoms with Gasteiger partial charge in [0.1, 0.15) is 6.54 Å². The molecule has 1 aromatic carbocycles. The summed E-state index contributed by atoms with van der Waals surface area (Å²) in [5.74, 6) is -0.479. The molecule has 0 saturated carbocycles. The molecule has 0 fully saturated rings. The first-order valence-corrected chi connectivity index (χ1v) is 20.9. The van der Waals surface area contributed by atoms with Gasteiger partial charge in [-0.3, -0.25) is 9.11 Å². The van der Waals surface area contributed by atoms with Crippen LogP contribution in [0.25, 0.3) is 0 Å². The van der Waals surface area contributed by atoms with Crippen molar-refractivity contribution in [3.8, 4) is 0 Å². The fraction of sp³-hybridized carbons (Fsp3) is 0.500. The van der Waals surface area contributed by atoms with Gasteiger partial charge >= 0.3 is 0 Å². The number of nitrogens with zero attached hydrogens (tertiary/aromatic N) is 2. The van der Waals surface area contributed by atoms with Crippen molar-refractivity contribution in [3.05, 3.63) is 99.4 Å². The van der Waals surface area contributed by atoms with Crippen LogP contribution in [0.4, 0.5) is 5.69 Å². The van der Waals surface area contributed by atoms with Gasteiger partial charge in [0.05, 0.1) is 16.9 Å². The number of benzene rings is 1. The summed E-state index contributed by atoms with van der Waals surface area (Å²) in [6, 6.07) is 8.32. The van der Waals surface area contributed by atoms with E-state index in [1.807, 2.05) is 12.1 Å². The molecule has 5 rings (SSSR count). The van der Waals surface area contributed by atoms with Gasteiger partial charge < -0.3 is 4.90 Å². The van der Waals surface area contributed by atoms with Crippen molar-refractivity contribution in [3.63, 3.8) is 0 Å². The van der Waals surface area contributed by atoms with Crippen LogP contribution >= 0.6 is 11.6 Å². The number of unbranched alkanes of at least 4 members (excludes halogenated alkanes) is 2. The van der Waals surface area contributed by atoms with E-state index in [0.717, 1.165) is 59.7 Å². The average Bonchev–Trinajstić information content (AvgIpc) is 3.37. The second kappa shape index (κ2) is 14.8. The van der Waals surface area contributed by atoms with Crippen molar-refractivity contribution in [2.24, 2.45) is 5.41 Å². The van der Waals surface area contributed by atoms with E-state index in [0.29, 0.717) is 38.8 Å². The smallest absolute Gasteiger partial charge is 0.264 e. The van der Waals surface area contributed by atoms with Gasteiger partial charge in [-0.2, -0.15) is 21.4 Å². The van der Waals surface area contributed by atoms with Gasteiger partial charge in [-0.15, -0.1) is 0 Å². The van der Waals surface area contributed by atoms with Gasteiger partial charge in [0, 0.05) is 52.5 Å². The third-order valence-corrected chi connectivity index (χ3v) is 12.4. The molecular formula is C38H50ClN2O6S2+. The van der Waals surface area contributed by atoms with Gasteiger partial charge in [-0.25, -0.2) is 0 Å². The van der Waals surface area contributed by atoms with Crippen molar-refractivity contribution >= 4 is 43.2 Å². The van der Waals surface area contributed by atoms with Crippen LogP contribution in [-0.4, -0.2) is 65.7 Å². The summed E-state index contributed by atoms with van der Waals surface area (Å²) in [6.45, 7) is 10.2. The van der Waals surface area contributed by atoms with Gasteiger partial charge in [-0.1, -0.05) is 68.0 Å². The molecule has 266 valence electrons. The summed E-state index contributed by atoms with van der Waals surface area (Å²) in [5, 5.41) is 0.765. The minimum Gasteiger partial charge on any atom is -0.347 e. The zero-order valence-electron chi connectivity index (χ0n) is 29.1. The molecule has 2 N–H and O–H groups in total. The zero-order chi connectivity index (χ0) is 35.6. The number of hydrogen-bond acceptors (Lipinski definition) is 5. The Labute approximate surface area is 297 Å². The Morgan fingerprint density at radius 1 is 0.878 bits per heavy atom. The molecule has 0 atom stereocenters. The fourth-order valence-corrected chi connectivity index (χ4v) is 9.19. The highest BCUT2D eigenvalue weighted by atomic mass is 35.5. The molecule has 0 aromatic heterocycles. The lowest BCUT2D eigenvalue weighted by Gasteiger charge is -2.29. The second-order valence-corrected chi connectivity index (χ2v) is 18.0. The van der Waals surface area contributed by atoms with Gasteiger partial charge in [0.15, 0.2) is 5.71 Å². The molecule has 1 aromatic rings. The molecule has 0 radical (unpaired) electrons. The van der Waals surface area contributed by atoms with Crippen LogP contribution in [0.2, 0.25) is 0 Å². The van der Waals surface area contributed by atoms with Crippen LogP contribution in [0, 0.1) is 5.41 Å². The number of allylic oxidation sites excluding steroid dienone is 11. The normalized spacial score (nSPS) is 22.3. The Bertz CT molecular complexity index is 1910. The summed E-state index contributed by atoms with van der Waals surface area (Å²) in [4.78, 5) is 2.35. The Hall–Kier alpha value is -2.76. The predicted octanol–water partition coefficient (Wildman–Crippen LogP) is 8.39. The minimum atomic E-state index is -3.99. The van der Waals surface area contributed by atoms with Crippen molar-refractivity contribution in [2.75, 3.05) is 24.6 Å². The number of fused-ring (bicyclic) bond motifs is 1. The largest absolute Gasteiger partial charge is 0.347 e. The molecule has 2 aliphatic heterocycles. The average molecular weight is 730 g/mol. The maximum atomic E-state index is 11.3. The van der Waals surface area contributed by atoms with Crippen LogP contribution in [-0.2, 0) is 25.7 Å². The molecule has 11 heteroatoms. The molecule has 0 amide bonds. The monoisotopic (exact) mass is 729 g/mol. The SMILES string of the molecule is CC1(C)C2=C(CCC=C2)N(CCCCS(=O)(=O)O)/C1=C/C=C1\CCCC(/C=C/C2=[N+](CCCCS(=O)(=O)O)c3ccccc3C2(C)C)=C1Cl. The van der Waals surface area contributed by atoms with Crippen LogP contribution in [0.15, 0.2) is 93.9 Å². The van der Waals surface area contributed by atoms with E-state index in [9.17, 15) is 25.9 Å². The van der Waals surface area contributed by atoms with Crippen molar-refractivity contribution in [1.82, 2.24) is 4.90 Å². The van der Waals surface area contributed by atoms with Crippen LogP contribution in [0.1, 0.15) is 91.0 Å². The molecule has 0 bridgehead atoms. The summed E-state index contributed by atoms with van der Waals surface area (Å²) in [5.41, 5.74) is 8.89. The zero-order valence-corrected chi connectivity index (χ0v) is 31.5. The Kier molecular flexibility index (Phi) is 11.4. The Morgan fingerprint density at radius 2 is 1.57 bits per heavy atom. The standard InChI is InChI=1S/C38H49ClN2O6S2/c1-37(2)30-16-5-7-18-32(30)40(24-9-11-26-48(42,43)44)34(37)22-20-28-14-13-15-29(36(28)39)21-23-35-38(3,4)31-17-6-8-19-33(31)41(35)25-10-12-27-49(45,46)47/h5-7,16-18,20-23H,8-15,19,24-27H2,1-4H3,(H-,42,43,44,45,46,47)/p+1. The first kappa shape index (κ1) is 37.5. The van der Waals surface area contributed by atoms with Crippen LogP contribution < -0.4 is 0 Å². The molecule has 2 aliphatic carbocycles. The molecule has 4 aliphatic rings. The van der Waals surface area contributed by atoms with E-state index in [4.69, 9.17) is 11.6 Å². The lowest BCUT2D eigenvalue weighted by atomic mass is 9.80. The molecule has 2 heterocycles. The van der Waals surface area contributed by atoms with E-state index < -0.39 is 20.2 Å². The topological polar surface area (TPSA) is 115 Å². The molecule has 8 nitrogen and oxygen atoms in total. The first-order valence-electron chi connectivity index (χ1n) is 17.3. The lowest BCUT2D eigenvalue weighted by molar-refractivity contribution is -0.438. The molecule has 49 heavy (non-hydrogen) atoms. The molecule has 0 saturated heterocycles. The van der Waals surface area contributed by atoms with Crippen molar-refractivity contribution in [2.45, 2.75) is 90.9 Å². The van der Waals surface area contributed by atoms with Crippen LogP contribution in [0.5, 0.6) is 0 Å². The highest BCUT2D eigenvalue weighted by molar-refractivity contribution is 7.86. The molecule has 0 spiro atoms. The molecular weight excluding hydrogens is 680 g/mol. The first-order chi connectivity index (χ1) is 23.0. The van der Waals surface area contributed by atoms with Crippen LogP contribution in [0.3, 0.4) is 0 Å². The maximum absolute atomic E-state index is 11.3. The van der Waals surface area contributed by atoms with Gasteiger partial charge in [0.25, 0.3) is 20.2 Å². The highest BCUT2D eigenvalue weighted by Gasteiger charge is 2.44. The van der Waals surface area contributed by atoms with E-state index in [1.54, 1.807) is 0 Å². The summed E-state index contributed by atoms with van der Waals surface area (Å²) in [6.07, 6.45) is 19.8. The van der Waals surface area contributed by atoms with Gasteiger partial charge in [0.2, 0.25) is 5.69 Å². The fourth-order valence-electron chi connectivity index (χ4n) is 7.73. The number of para-hydroxylation sites is 1. The van der Waals surface area contributed by atoms with E-state index in [1.165, 1.54) is 22.5 Å². The lowest BCUT2D eigenvalue weighted by Crippen LogP contribution is -2.28. The molecule has 0 unspecified atom stereocenters. The maximum Gasteiger partial charge on any atom is 0.264 e. The summed E-state index contributed by atoms with van der Waals surface area (Å²) in [7, 11) is -7.98. The van der Waals surface area contributed by atoms with E-state index in [-0.39, 0.29) is 22.3 Å². The number of halogens is 1. The summed E-state index contributed by atoms with van der Waals surface area (Å²) >= 11 is 7.15. The van der Waals surface area contributed by atoms with E-state index >= 15 is 0 Å². The quantitative estimate of drug-likeness (QED) is 0.119. The number of hydrogen-bond donors (Lipinski definition) is 2. The van der Waals surface area contributed by atoms with Crippen molar-refractivity contribution in [1.29, 1.82) is 0 Å². The Morgan fingerprint density at radius 3 is 2.29 bits per heavy atom.